The molecule has 0 saturated heterocycles. The van der Waals surface area contributed by atoms with Crippen LogP contribution >= 0.6 is 31.9 Å². The quantitative estimate of drug-likeness (QED) is 0.673. The molecule has 0 bridgehead atoms. The number of aryl methyl sites for hydroxylation is 1. The summed E-state index contributed by atoms with van der Waals surface area (Å²) < 4.78 is 1.99. The maximum atomic E-state index is 4.50. The van der Waals surface area contributed by atoms with E-state index in [2.05, 4.69) is 49.0 Å². The van der Waals surface area contributed by atoms with Crippen molar-refractivity contribution in [3.63, 3.8) is 0 Å². The molecule has 0 saturated carbocycles. The van der Waals surface area contributed by atoms with Gasteiger partial charge in [0, 0.05) is 8.95 Å². The molecule has 0 radical (unpaired) electrons. The lowest BCUT2D eigenvalue weighted by Crippen LogP contribution is -2.01. The van der Waals surface area contributed by atoms with Crippen molar-refractivity contribution < 1.29 is 0 Å². The van der Waals surface area contributed by atoms with Crippen molar-refractivity contribution >= 4 is 42.9 Å². The van der Waals surface area contributed by atoms with Gasteiger partial charge >= 0.3 is 0 Å². The number of hydrogen-bond acceptors (Lipinski definition) is 2. The van der Waals surface area contributed by atoms with Crippen LogP contribution in [0.25, 0.3) is 11.0 Å². The molecular formula is C13H19Br2N3. The zero-order chi connectivity index (χ0) is 12.3. The third kappa shape index (κ3) is 3.54. The summed E-state index contributed by atoms with van der Waals surface area (Å²) in [6.45, 7) is 3.11. The van der Waals surface area contributed by atoms with Crippen LogP contribution in [0.2, 0.25) is 0 Å². The van der Waals surface area contributed by atoms with Crippen molar-refractivity contribution in [3.8, 4) is 0 Å². The molecule has 0 atom stereocenters. The highest BCUT2D eigenvalue weighted by molar-refractivity contribution is 9.11. The fourth-order valence-electron chi connectivity index (χ4n) is 1.75. The van der Waals surface area contributed by atoms with Gasteiger partial charge in [-0.1, -0.05) is 33.6 Å². The van der Waals surface area contributed by atoms with Crippen molar-refractivity contribution in [1.82, 2.24) is 15.0 Å². The van der Waals surface area contributed by atoms with Gasteiger partial charge in [-0.25, -0.2) is 0 Å². The number of unbranched alkanes of at least 4 members (excludes halogenated alkanes) is 3. The Balaban J connectivity index is 0.00000162. The summed E-state index contributed by atoms with van der Waals surface area (Å²) in [5.41, 5.74) is 1.85. The molecule has 5 heteroatoms. The lowest BCUT2D eigenvalue weighted by Gasteiger charge is -1.98. The van der Waals surface area contributed by atoms with E-state index in [-0.39, 0.29) is 7.43 Å². The average molecular weight is 377 g/mol. The minimum Gasteiger partial charge on any atom is -0.184 e. The zero-order valence-electron chi connectivity index (χ0n) is 9.79. The van der Waals surface area contributed by atoms with Crippen LogP contribution in [0, 0.1) is 0 Å². The fourth-order valence-corrected chi connectivity index (χ4v) is 2.55. The van der Waals surface area contributed by atoms with Gasteiger partial charge in [-0.05, 0) is 50.4 Å². The van der Waals surface area contributed by atoms with E-state index in [1.165, 1.54) is 19.3 Å². The minimum absolute atomic E-state index is 0. The second-order valence-electron chi connectivity index (χ2n) is 4.08. The Morgan fingerprint density at radius 3 is 2.06 bits per heavy atom. The van der Waals surface area contributed by atoms with E-state index in [0.717, 1.165) is 32.9 Å². The maximum Gasteiger partial charge on any atom is 0.128 e. The van der Waals surface area contributed by atoms with Crippen molar-refractivity contribution in [2.45, 2.75) is 46.6 Å². The number of fused-ring (bicyclic) bond motifs is 1. The molecule has 3 nitrogen and oxygen atoms in total. The molecule has 1 aromatic heterocycles. The molecular weight excluding hydrogens is 358 g/mol. The topological polar surface area (TPSA) is 30.7 Å². The Labute approximate surface area is 125 Å². The van der Waals surface area contributed by atoms with Crippen molar-refractivity contribution in [1.29, 1.82) is 0 Å². The van der Waals surface area contributed by atoms with Gasteiger partial charge in [0.15, 0.2) is 0 Å². The summed E-state index contributed by atoms with van der Waals surface area (Å²) in [4.78, 5) is 1.80. The van der Waals surface area contributed by atoms with Crippen LogP contribution in [0.15, 0.2) is 21.1 Å². The third-order valence-corrected chi connectivity index (χ3v) is 3.98. The van der Waals surface area contributed by atoms with Gasteiger partial charge in [-0.15, -0.1) is 0 Å². The van der Waals surface area contributed by atoms with Crippen LogP contribution in [0.4, 0.5) is 0 Å². The fraction of sp³-hybridized carbons (Fsp3) is 0.538. The smallest absolute Gasteiger partial charge is 0.128 e. The highest BCUT2D eigenvalue weighted by Gasteiger charge is 2.09. The standard InChI is InChI=1S/C12H15Br2N3.CH4/c1-2-3-4-5-8-17-15-11-9(13)6-7-10(14)12(11)16-17;/h6-7H,2-5,8H2,1H3;1H4. The Morgan fingerprint density at radius 2 is 1.56 bits per heavy atom. The number of aromatic nitrogens is 3. The van der Waals surface area contributed by atoms with E-state index in [1.54, 1.807) is 4.80 Å². The number of hydrogen-bond donors (Lipinski definition) is 0. The maximum absolute atomic E-state index is 4.50. The largest absolute Gasteiger partial charge is 0.184 e. The normalized spacial score (nSPS) is 10.6. The molecule has 0 aliphatic rings. The highest BCUT2D eigenvalue weighted by Crippen LogP contribution is 2.27. The first-order chi connectivity index (χ1) is 8.22. The van der Waals surface area contributed by atoms with Crippen LogP contribution < -0.4 is 0 Å². The summed E-state index contributed by atoms with van der Waals surface area (Å²) in [5.74, 6) is 0. The van der Waals surface area contributed by atoms with Gasteiger partial charge in [0.1, 0.15) is 11.0 Å². The third-order valence-electron chi connectivity index (χ3n) is 2.70. The molecule has 1 heterocycles. The van der Waals surface area contributed by atoms with E-state index in [9.17, 15) is 0 Å². The van der Waals surface area contributed by atoms with E-state index in [0.29, 0.717) is 0 Å². The predicted molar refractivity (Wildman–Crippen MR) is 83.8 cm³/mol. The molecule has 0 fully saturated rings. The van der Waals surface area contributed by atoms with E-state index in [4.69, 9.17) is 0 Å². The molecule has 1 aromatic carbocycles. The van der Waals surface area contributed by atoms with E-state index >= 15 is 0 Å². The van der Waals surface area contributed by atoms with Gasteiger partial charge in [0.2, 0.25) is 0 Å². The van der Waals surface area contributed by atoms with E-state index in [1.807, 2.05) is 12.1 Å². The highest BCUT2D eigenvalue weighted by atomic mass is 79.9. The molecule has 0 aliphatic carbocycles. The minimum atomic E-state index is 0. The van der Waals surface area contributed by atoms with Gasteiger partial charge in [0.25, 0.3) is 0 Å². The first kappa shape index (κ1) is 15.6. The van der Waals surface area contributed by atoms with E-state index < -0.39 is 0 Å². The number of nitrogens with zero attached hydrogens (tertiary/aromatic N) is 3. The monoisotopic (exact) mass is 375 g/mol. The summed E-state index contributed by atoms with van der Waals surface area (Å²) in [6.07, 6.45) is 4.93. The molecule has 100 valence electrons. The molecule has 18 heavy (non-hydrogen) atoms. The molecule has 0 unspecified atom stereocenters. The predicted octanol–water partition coefficient (Wildman–Crippen LogP) is 5.17. The molecule has 0 amide bonds. The first-order valence-corrected chi connectivity index (χ1v) is 7.50. The van der Waals surface area contributed by atoms with Crippen LogP contribution in [0.3, 0.4) is 0 Å². The molecule has 0 spiro atoms. The first-order valence-electron chi connectivity index (χ1n) is 5.91. The van der Waals surface area contributed by atoms with Gasteiger partial charge < -0.3 is 0 Å². The Kier molecular flexibility index (Phi) is 6.29. The zero-order valence-corrected chi connectivity index (χ0v) is 13.0. The number of halogens is 2. The lowest BCUT2D eigenvalue weighted by molar-refractivity contribution is 0.495. The summed E-state index contributed by atoms with van der Waals surface area (Å²) >= 11 is 7.00. The summed E-state index contributed by atoms with van der Waals surface area (Å²) in [7, 11) is 0. The Bertz CT molecular complexity index is 469. The molecule has 0 N–H and O–H groups in total. The van der Waals surface area contributed by atoms with Gasteiger partial charge in [0.05, 0.1) is 6.54 Å². The van der Waals surface area contributed by atoms with Crippen LogP contribution in [0.5, 0.6) is 0 Å². The average Bonchev–Trinajstić information content (AvgIpc) is 2.75. The second kappa shape index (κ2) is 7.24. The molecule has 2 aromatic rings. The van der Waals surface area contributed by atoms with Gasteiger partial charge in [-0.3, -0.25) is 0 Å². The van der Waals surface area contributed by atoms with Crippen molar-refractivity contribution in [2.75, 3.05) is 0 Å². The lowest BCUT2D eigenvalue weighted by atomic mass is 10.2. The Hall–Kier alpha value is -0.420. The van der Waals surface area contributed by atoms with Crippen LogP contribution in [0.1, 0.15) is 40.0 Å². The summed E-state index contributed by atoms with van der Waals surface area (Å²) in [6, 6.07) is 3.98. The number of rotatable bonds is 5. The SMILES string of the molecule is C.CCCCCCn1nc2c(Br)ccc(Br)c2n1. The second-order valence-corrected chi connectivity index (χ2v) is 5.79. The Morgan fingerprint density at radius 1 is 1.00 bits per heavy atom. The van der Waals surface area contributed by atoms with Crippen LogP contribution in [-0.4, -0.2) is 15.0 Å². The molecule has 2 rings (SSSR count). The van der Waals surface area contributed by atoms with Crippen molar-refractivity contribution in [3.05, 3.63) is 21.1 Å². The van der Waals surface area contributed by atoms with Gasteiger partial charge in [-0.2, -0.15) is 15.0 Å². The van der Waals surface area contributed by atoms with Crippen molar-refractivity contribution in [2.24, 2.45) is 0 Å². The summed E-state index contributed by atoms with van der Waals surface area (Å²) in [5, 5.41) is 9.00. The number of benzene rings is 1. The molecule has 0 aliphatic heterocycles. The van der Waals surface area contributed by atoms with Crippen LogP contribution in [-0.2, 0) is 6.54 Å².